The SMILES string of the molecule is CCN(CC)C(=O)CN1C(=O)N(C)C2(CCCCC2)C1=O. The Morgan fingerprint density at radius 3 is 2.24 bits per heavy atom. The van der Waals surface area contributed by atoms with Crippen molar-refractivity contribution in [3.63, 3.8) is 0 Å². The lowest BCUT2D eigenvalue weighted by Gasteiger charge is -2.35. The van der Waals surface area contributed by atoms with Gasteiger partial charge in [0.05, 0.1) is 0 Å². The predicted octanol–water partition coefficient (Wildman–Crippen LogP) is 1.45. The minimum Gasteiger partial charge on any atom is -0.342 e. The molecule has 1 aliphatic carbocycles. The molecule has 0 atom stereocenters. The van der Waals surface area contributed by atoms with E-state index in [1.54, 1.807) is 16.8 Å². The second kappa shape index (κ2) is 6.03. The molecule has 2 aliphatic rings. The van der Waals surface area contributed by atoms with Crippen LogP contribution in [0.2, 0.25) is 0 Å². The predicted molar refractivity (Wildman–Crippen MR) is 78.6 cm³/mol. The molecule has 0 unspecified atom stereocenters. The van der Waals surface area contributed by atoms with Crippen LogP contribution < -0.4 is 0 Å². The van der Waals surface area contributed by atoms with Crippen LogP contribution in [0.3, 0.4) is 0 Å². The first kappa shape index (κ1) is 15.8. The molecule has 0 aromatic heterocycles. The zero-order chi connectivity index (χ0) is 15.6. The van der Waals surface area contributed by atoms with Crippen molar-refractivity contribution in [3.8, 4) is 0 Å². The molecular formula is C15H25N3O3. The molecule has 118 valence electrons. The quantitative estimate of drug-likeness (QED) is 0.738. The van der Waals surface area contributed by atoms with Crippen molar-refractivity contribution in [1.29, 1.82) is 0 Å². The van der Waals surface area contributed by atoms with Gasteiger partial charge in [0.25, 0.3) is 5.91 Å². The topological polar surface area (TPSA) is 60.9 Å². The maximum Gasteiger partial charge on any atom is 0.327 e. The molecule has 4 amide bonds. The molecule has 0 N–H and O–H groups in total. The second-order valence-electron chi connectivity index (χ2n) is 5.89. The van der Waals surface area contributed by atoms with Crippen molar-refractivity contribution in [2.45, 2.75) is 51.5 Å². The molecule has 1 spiro atoms. The van der Waals surface area contributed by atoms with Crippen LogP contribution in [0.1, 0.15) is 46.0 Å². The highest BCUT2D eigenvalue weighted by atomic mass is 16.2. The van der Waals surface area contributed by atoms with Gasteiger partial charge >= 0.3 is 6.03 Å². The zero-order valence-corrected chi connectivity index (χ0v) is 13.2. The van der Waals surface area contributed by atoms with E-state index in [1.807, 2.05) is 13.8 Å². The van der Waals surface area contributed by atoms with Gasteiger partial charge in [-0.1, -0.05) is 19.3 Å². The van der Waals surface area contributed by atoms with Crippen molar-refractivity contribution < 1.29 is 14.4 Å². The van der Waals surface area contributed by atoms with Gasteiger partial charge in [0.1, 0.15) is 12.1 Å². The minimum atomic E-state index is -0.696. The Morgan fingerprint density at radius 2 is 1.71 bits per heavy atom. The van der Waals surface area contributed by atoms with Crippen molar-refractivity contribution in [2.24, 2.45) is 0 Å². The average Bonchev–Trinajstić information content (AvgIpc) is 2.66. The van der Waals surface area contributed by atoms with Crippen LogP contribution in [0.5, 0.6) is 0 Å². The third-order valence-electron chi connectivity index (χ3n) is 4.89. The number of nitrogens with zero attached hydrogens (tertiary/aromatic N) is 3. The second-order valence-corrected chi connectivity index (χ2v) is 5.89. The van der Waals surface area contributed by atoms with Gasteiger partial charge < -0.3 is 9.80 Å². The summed E-state index contributed by atoms with van der Waals surface area (Å²) in [6.07, 6.45) is 4.45. The van der Waals surface area contributed by atoms with Crippen LogP contribution in [0, 0.1) is 0 Å². The van der Waals surface area contributed by atoms with Crippen LogP contribution >= 0.6 is 0 Å². The zero-order valence-electron chi connectivity index (χ0n) is 13.2. The van der Waals surface area contributed by atoms with E-state index in [1.165, 1.54) is 0 Å². The van der Waals surface area contributed by atoms with Gasteiger partial charge in [0.15, 0.2) is 0 Å². The van der Waals surface area contributed by atoms with E-state index in [2.05, 4.69) is 0 Å². The van der Waals surface area contributed by atoms with Gasteiger partial charge in [-0.2, -0.15) is 0 Å². The fourth-order valence-corrected chi connectivity index (χ4v) is 3.48. The maximum absolute atomic E-state index is 12.7. The summed E-state index contributed by atoms with van der Waals surface area (Å²) < 4.78 is 0. The Morgan fingerprint density at radius 1 is 1.14 bits per heavy atom. The number of amides is 4. The first-order chi connectivity index (χ1) is 9.97. The number of carbonyl (C=O) groups is 3. The van der Waals surface area contributed by atoms with Crippen LogP contribution in [-0.4, -0.2) is 64.8 Å². The molecule has 1 heterocycles. The molecule has 21 heavy (non-hydrogen) atoms. The summed E-state index contributed by atoms with van der Waals surface area (Å²) in [4.78, 5) is 41.7. The number of hydrogen-bond acceptors (Lipinski definition) is 3. The summed E-state index contributed by atoms with van der Waals surface area (Å²) in [5, 5.41) is 0. The minimum absolute atomic E-state index is 0.133. The molecule has 6 nitrogen and oxygen atoms in total. The molecular weight excluding hydrogens is 270 g/mol. The van der Waals surface area contributed by atoms with Crippen molar-refractivity contribution in [2.75, 3.05) is 26.7 Å². The number of urea groups is 1. The number of imide groups is 1. The third-order valence-corrected chi connectivity index (χ3v) is 4.89. The lowest BCUT2D eigenvalue weighted by atomic mass is 9.81. The van der Waals surface area contributed by atoms with E-state index in [4.69, 9.17) is 0 Å². The highest BCUT2D eigenvalue weighted by Gasteiger charge is 2.55. The van der Waals surface area contributed by atoms with E-state index < -0.39 is 5.54 Å². The number of rotatable bonds is 4. The Bertz CT molecular complexity index is 439. The first-order valence-corrected chi connectivity index (χ1v) is 7.85. The average molecular weight is 295 g/mol. The smallest absolute Gasteiger partial charge is 0.327 e. The number of hydrogen-bond donors (Lipinski definition) is 0. The van der Waals surface area contributed by atoms with Gasteiger partial charge in [-0.25, -0.2) is 4.79 Å². The van der Waals surface area contributed by atoms with E-state index >= 15 is 0 Å². The molecule has 2 fully saturated rings. The van der Waals surface area contributed by atoms with Gasteiger partial charge in [-0.3, -0.25) is 14.5 Å². The summed E-state index contributed by atoms with van der Waals surface area (Å²) >= 11 is 0. The molecule has 0 bridgehead atoms. The molecule has 0 aromatic rings. The van der Waals surface area contributed by atoms with Gasteiger partial charge in [0, 0.05) is 20.1 Å². The Labute approximate surface area is 126 Å². The molecule has 1 saturated heterocycles. The first-order valence-electron chi connectivity index (χ1n) is 7.85. The van der Waals surface area contributed by atoms with Gasteiger partial charge in [0.2, 0.25) is 5.91 Å². The molecule has 0 aromatic carbocycles. The molecule has 6 heteroatoms. The summed E-state index contributed by atoms with van der Waals surface area (Å²) in [5.41, 5.74) is -0.696. The Hall–Kier alpha value is -1.59. The van der Waals surface area contributed by atoms with Crippen molar-refractivity contribution in [1.82, 2.24) is 14.7 Å². The van der Waals surface area contributed by atoms with Gasteiger partial charge in [-0.05, 0) is 26.7 Å². The highest BCUT2D eigenvalue weighted by Crippen LogP contribution is 2.39. The van der Waals surface area contributed by atoms with E-state index in [0.717, 1.165) is 24.2 Å². The standard InChI is InChI=1S/C15H25N3O3/c1-4-17(5-2)12(19)11-18-13(20)15(16(3)14(18)21)9-7-6-8-10-15/h4-11H2,1-3H3. The third kappa shape index (κ3) is 2.51. The molecule has 0 radical (unpaired) electrons. The monoisotopic (exact) mass is 295 g/mol. The fraction of sp³-hybridized carbons (Fsp3) is 0.800. The summed E-state index contributed by atoms with van der Waals surface area (Å²) in [7, 11) is 1.69. The van der Waals surface area contributed by atoms with Crippen LogP contribution in [0.4, 0.5) is 4.79 Å². The Balaban J connectivity index is 2.16. The Kier molecular flexibility index (Phi) is 4.54. The largest absolute Gasteiger partial charge is 0.342 e. The number of carbonyl (C=O) groups excluding carboxylic acids is 3. The molecule has 2 rings (SSSR count). The van der Waals surface area contributed by atoms with Crippen LogP contribution in [0.15, 0.2) is 0 Å². The van der Waals surface area contributed by atoms with E-state index in [9.17, 15) is 14.4 Å². The van der Waals surface area contributed by atoms with Gasteiger partial charge in [-0.15, -0.1) is 0 Å². The highest BCUT2D eigenvalue weighted by molar-refractivity contribution is 6.08. The molecule has 1 saturated carbocycles. The normalized spacial score (nSPS) is 21.3. The lowest BCUT2D eigenvalue weighted by Crippen LogP contribution is -2.49. The van der Waals surface area contributed by atoms with Crippen molar-refractivity contribution >= 4 is 17.8 Å². The van der Waals surface area contributed by atoms with E-state index in [0.29, 0.717) is 25.9 Å². The lowest BCUT2D eigenvalue weighted by molar-refractivity contribution is -0.140. The maximum atomic E-state index is 12.7. The van der Waals surface area contributed by atoms with Crippen LogP contribution in [0.25, 0.3) is 0 Å². The number of likely N-dealkylation sites (N-methyl/N-ethyl adjacent to an activating group) is 2. The van der Waals surface area contributed by atoms with Crippen molar-refractivity contribution in [3.05, 3.63) is 0 Å². The van der Waals surface area contributed by atoms with E-state index in [-0.39, 0.29) is 24.4 Å². The summed E-state index contributed by atoms with van der Waals surface area (Å²) in [5.74, 6) is -0.349. The summed E-state index contributed by atoms with van der Waals surface area (Å²) in [6.45, 7) is 4.83. The van der Waals surface area contributed by atoms with Crippen LogP contribution in [-0.2, 0) is 9.59 Å². The summed E-state index contributed by atoms with van der Waals surface area (Å²) in [6, 6.07) is -0.331. The fourth-order valence-electron chi connectivity index (χ4n) is 3.48. The molecule has 1 aliphatic heterocycles.